The van der Waals surface area contributed by atoms with Crippen molar-refractivity contribution in [2.45, 2.75) is 51.2 Å². The molecule has 3 aromatic rings. The van der Waals surface area contributed by atoms with Gasteiger partial charge in [0, 0.05) is 43.4 Å². The van der Waals surface area contributed by atoms with E-state index in [0.717, 1.165) is 16.8 Å². The number of nitriles is 1. The molecule has 0 spiro atoms. The van der Waals surface area contributed by atoms with Gasteiger partial charge < -0.3 is 15.1 Å². The third-order valence-electron chi connectivity index (χ3n) is 7.14. The van der Waals surface area contributed by atoms with Crippen LogP contribution in [0.15, 0.2) is 30.5 Å². The Morgan fingerprint density at radius 3 is 2.69 bits per heavy atom. The van der Waals surface area contributed by atoms with Crippen molar-refractivity contribution in [1.29, 1.82) is 5.26 Å². The molecule has 1 atom stereocenters. The minimum absolute atomic E-state index is 0.125. The minimum atomic E-state index is -1.93. The van der Waals surface area contributed by atoms with Crippen LogP contribution in [0.3, 0.4) is 0 Å². The summed E-state index contributed by atoms with van der Waals surface area (Å²) in [5.74, 6) is 0.958. The normalized spacial score (nSPS) is 17.6. The van der Waals surface area contributed by atoms with Gasteiger partial charge in [-0.1, -0.05) is 39.3 Å². The molecule has 0 radical (unpaired) electrons. The number of anilines is 3. The number of hydrogen-bond donors (Lipinski definition) is 2. The molecule has 1 aliphatic rings. The monoisotopic (exact) mass is 509 g/mol. The smallest absolute Gasteiger partial charge is 0.228 e. The summed E-state index contributed by atoms with van der Waals surface area (Å²) in [5.41, 5.74) is 3.86. The first-order valence-corrected chi connectivity index (χ1v) is 14.9. The standard InChI is InChI=1S/C25H32ClN7OSi/c1-24(2,3)35(6,7)34-15-25(4)14-29-22-17(13-27)10-16(11-18(22)25)19-8-9-28-23(30-19)31-21-12-20(26)33(5)32-21/h8-12,29H,14-15H2,1-7H3,(H,28,30,31,32)/t25-/m1/s1. The van der Waals surface area contributed by atoms with Crippen LogP contribution in [0.5, 0.6) is 0 Å². The summed E-state index contributed by atoms with van der Waals surface area (Å²) in [6.07, 6.45) is 1.69. The second kappa shape index (κ2) is 8.93. The first-order valence-electron chi connectivity index (χ1n) is 11.6. The number of halogens is 1. The van der Waals surface area contributed by atoms with Crippen LogP contribution in [0.1, 0.15) is 38.8 Å². The van der Waals surface area contributed by atoms with Crippen molar-refractivity contribution in [3.63, 3.8) is 0 Å². The maximum atomic E-state index is 9.90. The van der Waals surface area contributed by atoms with Crippen LogP contribution in [0.2, 0.25) is 23.3 Å². The van der Waals surface area contributed by atoms with Crippen LogP contribution in [0, 0.1) is 11.3 Å². The van der Waals surface area contributed by atoms with Crippen LogP contribution >= 0.6 is 11.6 Å². The lowest BCUT2D eigenvalue weighted by Gasteiger charge is -2.39. The first kappa shape index (κ1) is 25.2. The van der Waals surface area contributed by atoms with Gasteiger partial charge in [0.2, 0.25) is 5.95 Å². The summed E-state index contributed by atoms with van der Waals surface area (Å²) in [6, 6.07) is 9.89. The van der Waals surface area contributed by atoms with Gasteiger partial charge in [-0.2, -0.15) is 10.4 Å². The van der Waals surface area contributed by atoms with Crippen molar-refractivity contribution < 1.29 is 4.43 Å². The molecular formula is C25H32ClN7OSi. The topological polar surface area (TPSA) is 101 Å². The Labute approximate surface area is 212 Å². The zero-order valence-corrected chi connectivity index (χ0v) is 23.1. The number of fused-ring (bicyclic) bond motifs is 1. The second-order valence-corrected chi connectivity index (χ2v) is 16.1. The van der Waals surface area contributed by atoms with E-state index in [0.29, 0.717) is 41.3 Å². The van der Waals surface area contributed by atoms with E-state index in [9.17, 15) is 5.26 Å². The lowest BCUT2D eigenvalue weighted by atomic mass is 9.83. The SMILES string of the molecule is Cn1nc(Nc2nccc(-c3cc(C#N)c4c(c3)[C@@](C)(CO[Si](C)(C)C(C)(C)C)CN4)n2)cc1Cl. The van der Waals surface area contributed by atoms with Gasteiger partial charge in [0.05, 0.1) is 16.9 Å². The van der Waals surface area contributed by atoms with Crippen molar-refractivity contribution in [1.82, 2.24) is 19.7 Å². The Balaban J connectivity index is 1.67. The molecule has 0 fully saturated rings. The fraction of sp³-hybridized carbons (Fsp3) is 0.440. The maximum absolute atomic E-state index is 9.90. The van der Waals surface area contributed by atoms with E-state index in [-0.39, 0.29) is 10.5 Å². The molecule has 1 aliphatic heterocycles. The van der Waals surface area contributed by atoms with Crippen LogP contribution < -0.4 is 10.6 Å². The molecule has 2 aromatic heterocycles. The largest absolute Gasteiger partial charge is 0.416 e. The molecule has 35 heavy (non-hydrogen) atoms. The highest BCUT2D eigenvalue weighted by atomic mass is 35.5. The predicted molar refractivity (Wildman–Crippen MR) is 143 cm³/mol. The molecule has 2 N–H and O–H groups in total. The van der Waals surface area contributed by atoms with Crippen LogP contribution in [0.4, 0.5) is 17.5 Å². The summed E-state index contributed by atoms with van der Waals surface area (Å²) < 4.78 is 8.18. The van der Waals surface area contributed by atoms with Crippen molar-refractivity contribution in [2.24, 2.45) is 7.05 Å². The van der Waals surface area contributed by atoms with Gasteiger partial charge in [-0.15, -0.1) is 0 Å². The van der Waals surface area contributed by atoms with Gasteiger partial charge in [0.25, 0.3) is 0 Å². The lowest BCUT2D eigenvalue weighted by Crippen LogP contribution is -2.45. The Hall–Kier alpha value is -2.93. The van der Waals surface area contributed by atoms with Gasteiger partial charge in [-0.3, -0.25) is 4.68 Å². The molecule has 0 aliphatic carbocycles. The van der Waals surface area contributed by atoms with E-state index in [2.05, 4.69) is 78.6 Å². The summed E-state index contributed by atoms with van der Waals surface area (Å²) in [5, 5.41) is 21.4. The zero-order valence-electron chi connectivity index (χ0n) is 21.3. The van der Waals surface area contributed by atoms with Crippen LogP contribution in [0.25, 0.3) is 11.3 Å². The van der Waals surface area contributed by atoms with Crippen LogP contribution in [-0.2, 0) is 16.9 Å². The molecule has 184 valence electrons. The maximum Gasteiger partial charge on any atom is 0.228 e. The average Bonchev–Trinajstić information content (AvgIpc) is 3.30. The van der Waals surface area contributed by atoms with Crippen LogP contribution in [-0.4, -0.2) is 41.2 Å². The number of hydrogen-bond acceptors (Lipinski definition) is 7. The van der Waals surface area contributed by atoms with Crippen molar-refractivity contribution in [2.75, 3.05) is 23.8 Å². The summed E-state index contributed by atoms with van der Waals surface area (Å²) in [4.78, 5) is 8.99. The van der Waals surface area contributed by atoms with Crippen molar-refractivity contribution in [3.8, 4) is 17.3 Å². The molecule has 0 bridgehead atoms. The third kappa shape index (κ3) is 4.92. The Morgan fingerprint density at radius 2 is 2.06 bits per heavy atom. The molecule has 0 unspecified atom stereocenters. The quantitative estimate of drug-likeness (QED) is 0.402. The number of aryl methyl sites for hydroxylation is 1. The first-order chi connectivity index (χ1) is 16.3. The number of benzene rings is 1. The molecule has 1 aromatic carbocycles. The molecule has 0 saturated heterocycles. The highest BCUT2D eigenvalue weighted by molar-refractivity contribution is 6.74. The van der Waals surface area contributed by atoms with E-state index in [1.807, 2.05) is 12.1 Å². The molecule has 4 rings (SSSR count). The molecule has 10 heteroatoms. The molecule has 8 nitrogen and oxygen atoms in total. The number of nitrogens with one attached hydrogen (secondary N) is 2. The average molecular weight is 510 g/mol. The molecular weight excluding hydrogens is 478 g/mol. The fourth-order valence-electron chi connectivity index (χ4n) is 3.81. The summed E-state index contributed by atoms with van der Waals surface area (Å²) in [6.45, 7) is 14.8. The molecule has 0 amide bonds. The molecule has 0 saturated carbocycles. The predicted octanol–water partition coefficient (Wildman–Crippen LogP) is 5.85. The fourth-order valence-corrected chi connectivity index (χ4v) is 5.06. The Morgan fingerprint density at radius 1 is 1.31 bits per heavy atom. The number of rotatable bonds is 6. The van der Waals surface area contributed by atoms with E-state index >= 15 is 0 Å². The number of nitrogens with zero attached hydrogens (tertiary/aromatic N) is 5. The van der Waals surface area contributed by atoms with E-state index in [1.165, 1.54) is 0 Å². The highest BCUT2D eigenvalue weighted by Crippen LogP contribution is 2.44. The third-order valence-corrected chi connectivity index (χ3v) is 12.0. The van der Waals surface area contributed by atoms with E-state index < -0.39 is 8.32 Å². The van der Waals surface area contributed by atoms with Gasteiger partial charge in [0.15, 0.2) is 14.1 Å². The summed E-state index contributed by atoms with van der Waals surface area (Å²) >= 11 is 6.09. The summed E-state index contributed by atoms with van der Waals surface area (Å²) in [7, 11) is -0.163. The van der Waals surface area contributed by atoms with Gasteiger partial charge >= 0.3 is 0 Å². The van der Waals surface area contributed by atoms with E-state index in [4.69, 9.17) is 16.0 Å². The molecule has 3 heterocycles. The second-order valence-electron chi connectivity index (χ2n) is 10.9. The lowest BCUT2D eigenvalue weighted by molar-refractivity contribution is 0.220. The van der Waals surface area contributed by atoms with Crippen molar-refractivity contribution in [3.05, 3.63) is 46.7 Å². The number of aromatic nitrogens is 4. The Bertz CT molecular complexity index is 1290. The zero-order chi connectivity index (χ0) is 25.6. The van der Waals surface area contributed by atoms with Gasteiger partial charge in [-0.05, 0) is 41.9 Å². The van der Waals surface area contributed by atoms with Crippen molar-refractivity contribution >= 4 is 37.4 Å². The highest BCUT2D eigenvalue weighted by Gasteiger charge is 2.42. The van der Waals surface area contributed by atoms with E-state index in [1.54, 1.807) is 24.0 Å². The van der Waals surface area contributed by atoms with Gasteiger partial charge in [0.1, 0.15) is 11.2 Å². The van der Waals surface area contributed by atoms with Gasteiger partial charge in [-0.25, -0.2) is 9.97 Å². The minimum Gasteiger partial charge on any atom is -0.416 e. The Kier molecular flexibility index (Phi) is 6.42.